The van der Waals surface area contributed by atoms with Gasteiger partial charge in [-0.2, -0.15) is 9.98 Å². The molecule has 0 aliphatic carbocycles. The van der Waals surface area contributed by atoms with Crippen LogP contribution in [0.15, 0.2) is 53.4 Å². The molecule has 26 heavy (non-hydrogen) atoms. The number of hydrogen-bond acceptors (Lipinski definition) is 4. The third kappa shape index (κ3) is 4.70. The quantitative estimate of drug-likeness (QED) is 0.763. The standard InChI is InChI=1S/C19H17N3O3S/c1-3-11-21-26(24,25)18-6-4-5-17(12-18)19(23)22-14(2)16-9-7-15(13-20)8-10-16/h1,4-10,12,14,21H,11H2,2H3,(H,22,23). The topological polar surface area (TPSA) is 99.1 Å². The number of amides is 1. The van der Waals surface area contributed by atoms with E-state index in [4.69, 9.17) is 11.7 Å². The molecule has 0 saturated heterocycles. The number of carbonyl (C=O) groups is 1. The number of nitriles is 1. The molecule has 2 N–H and O–H groups in total. The smallest absolute Gasteiger partial charge is 0.251 e. The number of terminal acetylenes is 1. The van der Waals surface area contributed by atoms with Crippen LogP contribution in [0.1, 0.15) is 34.5 Å². The molecule has 2 aromatic rings. The summed E-state index contributed by atoms with van der Waals surface area (Å²) < 4.78 is 26.5. The molecule has 0 spiro atoms. The number of nitrogens with zero attached hydrogens (tertiary/aromatic N) is 1. The van der Waals surface area contributed by atoms with E-state index in [1.54, 1.807) is 31.2 Å². The van der Waals surface area contributed by atoms with Gasteiger partial charge in [0.15, 0.2) is 0 Å². The van der Waals surface area contributed by atoms with Crippen molar-refractivity contribution in [1.29, 1.82) is 5.26 Å². The van der Waals surface area contributed by atoms with Gasteiger partial charge in [0, 0.05) is 5.56 Å². The highest BCUT2D eigenvalue weighted by atomic mass is 32.2. The maximum atomic E-state index is 12.4. The second kappa shape index (κ2) is 8.30. The summed E-state index contributed by atoms with van der Waals surface area (Å²) in [4.78, 5) is 12.4. The molecule has 1 atom stereocenters. The van der Waals surface area contributed by atoms with Crippen LogP contribution in [0.4, 0.5) is 0 Å². The highest BCUT2D eigenvalue weighted by molar-refractivity contribution is 7.89. The third-order valence-corrected chi connectivity index (χ3v) is 5.06. The molecule has 0 heterocycles. The molecule has 0 saturated carbocycles. The minimum Gasteiger partial charge on any atom is -0.346 e. The summed E-state index contributed by atoms with van der Waals surface area (Å²) in [6, 6.07) is 14.3. The van der Waals surface area contributed by atoms with Gasteiger partial charge < -0.3 is 5.32 Å². The normalized spacial score (nSPS) is 11.8. The summed E-state index contributed by atoms with van der Waals surface area (Å²) in [7, 11) is -3.77. The van der Waals surface area contributed by atoms with E-state index >= 15 is 0 Å². The van der Waals surface area contributed by atoms with Crippen molar-refractivity contribution >= 4 is 15.9 Å². The van der Waals surface area contributed by atoms with Gasteiger partial charge in [0.05, 0.1) is 29.1 Å². The zero-order valence-corrected chi connectivity index (χ0v) is 14.9. The molecule has 0 aliphatic heterocycles. The Morgan fingerprint density at radius 3 is 2.54 bits per heavy atom. The summed E-state index contributed by atoms with van der Waals surface area (Å²) in [6.07, 6.45) is 5.06. The average molecular weight is 367 g/mol. The first kappa shape index (κ1) is 19.2. The monoisotopic (exact) mass is 367 g/mol. The van der Waals surface area contributed by atoms with Gasteiger partial charge in [-0.1, -0.05) is 24.1 Å². The van der Waals surface area contributed by atoms with Crippen molar-refractivity contribution in [1.82, 2.24) is 10.0 Å². The van der Waals surface area contributed by atoms with Crippen LogP contribution in [-0.2, 0) is 10.0 Å². The van der Waals surface area contributed by atoms with E-state index in [0.29, 0.717) is 5.56 Å². The molecule has 0 aromatic heterocycles. The zero-order chi connectivity index (χ0) is 19.2. The highest BCUT2D eigenvalue weighted by Gasteiger charge is 2.17. The maximum Gasteiger partial charge on any atom is 0.251 e. The number of rotatable bonds is 6. The Morgan fingerprint density at radius 2 is 1.92 bits per heavy atom. The Bertz CT molecular complexity index is 984. The van der Waals surface area contributed by atoms with Crippen molar-refractivity contribution in [3.05, 3.63) is 65.2 Å². The van der Waals surface area contributed by atoms with Crippen molar-refractivity contribution in [3.8, 4) is 18.4 Å². The molecule has 7 heteroatoms. The molecular formula is C19H17N3O3S. The Labute approximate surface area is 152 Å². The van der Waals surface area contributed by atoms with Crippen LogP contribution in [0, 0.1) is 23.7 Å². The highest BCUT2D eigenvalue weighted by Crippen LogP contribution is 2.16. The molecular weight excluding hydrogens is 350 g/mol. The Balaban J connectivity index is 2.15. The van der Waals surface area contributed by atoms with Crippen molar-refractivity contribution in [3.63, 3.8) is 0 Å². The fourth-order valence-electron chi connectivity index (χ4n) is 2.23. The van der Waals surface area contributed by atoms with Crippen LogP contribution >= 0.6 is 0 Å². The van der Waals surface area contributed by atoms with Crippen LogP contribution in [0.25, 0.3) is 0 Å². The van der Waals surface area contributed by atoms with Gasteiger partial charge >= 0.3 is 0 Å². The first-order valence-corrected chi connectivity index (χ1v) is 9.20. The Kier molecular flexibility index (Phi) is 6.13. The molecule has 6 nitrogen and oxygen atoms in total. The SMILES string of the molecule is C#CCNS(=O)(=O)c1cccc(C(=O)NC(C)c2ccc(C#N)cc2)c1. The van der Waals surface area contributed by atoms with Gasteiger partial charge in [0.2, 0.25) is 10.0 Å². The van der Waals surface area contributed by atoms with Crippen LogP contribution in [0.5, 0.6) is 0 Å². The van der Waals surface area contributed by atoms with Gasteiger partial charge in [-0.15, -0.1) is 6.42 Å². The molecule has 2 rings (SSSR count). The first-order chi connectivity index (χ1) is 12.4. The molecule has 132 valence electrons. The molecule has 0 radical (unpaired) electrons. The predicted octanol–water partition coefficient (Wildman–Crippen LogP) is 1.96. The van der Waals surface area contributed by atoms with E-state index in [9.17, 15) is 13.2 Å². The first-order valence-electron chi connectivity index (χ1n) is 7.71. The summed E-state index contributed by atoms with van der Waals surface area (Å²) in [5.41, 5.74) is 1.58. The fraction of sp³-hybridized carbons (Fsp3) is 0.158. The molecule has 0 aliphatic rings. The lowest BCUT2D eigenvalue weighted by Crippen LogP contribution is -2.27. The minimum atomic E-state index is -3.77. The lowest BCUT2D eigenvalue weighted by atomic mass is 10.1. The van der Waals surface area contributed by atoms with E-state index in [1.807, 2.05) is 6.07 Å². The van der Waals surface area contributed by atoms with Gasteiger partial charge in [-0.3, -0.25) is 4.79 Å². The van der Waals surface area contributed by atoms with Crippen LogP contribution in [-0.4, -0.2) is 20.9 Å². The summed E-state index contributed by atoms with van der Waals surface area (Å²) in [5, 5.41) is 11.6. The van der Waals surface area contributed by atoms with E-state index in [1.165, 1.54) is 24.3 Å². The Hall–Kier alpha value is -3.13. The van der Waals surface area contributed by atoms with Crippen LogP contribution in [0.3, 0.4) is 0 Å². The van der Waals surface area contributed by atoms with Crippen molar-refractivity contribution in [2.75, 3.05) is 6.54 Å². The molecule has 2 aromatic carbocycles. The molecule has 1 amide bonds. The van der Waals surface area contributed by atoms with Gasteiger partial charge in [0.25, 0.3) is 5.91 Å². The third-order valence-electron chi connectivity index (χ3n) is 3.66. The van der Waals surface area contributed by atoms with E-state index in [0.717, 1.165) is 5.56 Å². The second-order valence-electron chi connectivity index (χ2n) is 5.49. The van der Waals surface area contributed by atoms with Crippen molar-refractivity contribution in [2.24, 2.45) is 0 Å². The molecule has 0 bridgehead atoms. The second-order valence-corrected chi connectivity index (χ2v) is 7.25. The van der Waals surface area contributed by atoms with Gasteiger partial charge in [-0.25, -0.2) is 8.42 Å². The van der Waals surface area contributed by atoms with E-state index < -0.39 is 15.9 Å². The lowest BCUT2D eigenvalue weighted by molar-refractivity contribution is 0.0939. The number of carbonyl (C=O) groups excluding carboxylic acids is 1. The summed E-state index contributed by atoms with van der Waals surface area (Å²) >= 11 is 0. The summed E-state index contributed by atoms with van der Waals surface area (Å²) in [5.74, 6) is 1.79. The number of hydrogen-bond donors (Lipinski definition) is 2. The number of nitrogens with one attached hydrogen (secondary N) is 2. The van der Waals surface area contributed by atoms with Crippen LogP contribution in [0.2, 0.25) is 0 Å². The Morgan fingerprint density at radius 1 is 1.23 bits per heavy atom. The van der Waals surface area contributed by atoms with Crippen molar-refractivity contribution in [2.45, 2.75) is 17.9 Å². The van der Waals surface area contributed by atoms with E-state index in [2.05, 4.69) is 16.0 Å². The molecule has 1 unspecified atom stereocenters. The average Bonchev–Trinajstić information content (AvgIpc) is 2.66. The predicted molar refractivity (Wildman–Crippen MR) is 97.5 cm³/mol. The minimum absolute atomic E-state index is 0.0357. The van der Waals surface area contributed by atoms with Gasteiger partial charge in [0.1, 0.15) is 0 Å². The zero-order valence-electron chi connectivity index (χ0n) is 14.1. The van der Waals surface area contributed by atoms with Crippen molar-refractivity contribution < 1.29 is 13.2 Å². The maximum absolute atomic E-state index is 12.4. The lowest BCUT2D eigenvalue weighted by Gasteiger charge is -2.15. The largest absolute Gasteiger partial charge is 0.346 e. The molecule has 0 fully saturated rings. The van der Waals surface area contributed by atoms with Gasteiger partial charge in [-0.05, 0) is 42.8 Å². The fourth-order valence-corrected chi connectivity index (χ4v) is 3.21. The number of sulfonamides is 1. The number of benzene rings is 2. The van der Waals surface area contributed by atoms with Crippen LogP contribution < -0.4 is 10.0 Å². The summed E-state index contributed by atoms with van der Waals surface area (Å²) in [6.45, 7) is 1.67. The van der Waals surface area contributed by atoms with E-state index in [-0.39, 0.29) is 23.0 Å².